The minimum Gasteiger partial charge on any atom is -0.496 e. The Morgan fingerprint density at radius 1 is 1.26 bits per heavy atom. The van der Waals surface area contributed by atoms with E-state index in [1.54, 1.807) is 18.4 Å². The number of ether oxygens (including phenoxy) is 1. The van der Waals surface area contributed by atoms with Gasteiger partial charge in [0.2, 0.25) is 0 Å². The van der Waals surface area contributed by atoms with E-state index in [4.69, 9.17) is 4.74 Å². The molecule has 1 saturated carbocycles. The summed E-state index contributed by atoms with van der Waals surface area (Å²) in [6.45, 7) is 0. The molecule has 0 bridgehead atoms. The molecule has 19 heavy (non-hydrogen) atoms. The predicted molar refractivity (Wildman–Crippen MR) is 80.0 cm³/mol. The Labute approximate surface area is 118 Å². The van der Waals surface area contributed by atoms with E-state index in [1.165, 1.54) is 16.9 Å². The van der Waals surface area contributed by atoms with E-state index >= 15 is 0 Å². The van der Waals surface area contributed by atoms with Crippen LogP contribution in [0.4, 0.5) is 0 Å². The maximum absolute atomic E-state index is 5.46. The van der Waals surface area contributed by atoms with E-state index in [9.17, 15) is 0 Å². The first kappa shape index (κ1) is 12.7. The Kier molecular flexibility index (Phi) is 3.58. The number of hydrogen-bond acceptors (Lipinski definition) is 3. The van der Waals surface area contributed by atoms with E-state index in [-0.39, 0.29) is 0 Å². The lowest BCUT2D eigenvalue weighted by Gasteiger charge is -2.16. The van der Waals surface area contributed by atoms with Crippen molar-refractivity contribution in [1.29, 1.82) is 0 Å². The lowest BCUT2D eigenvalue weighted by Crippen LogP contribution is -2.18. The third-order valence-electron chi connectivity index (χ3n) is 3.97. The Hall–Kier alpha value is -1.32. The highest BCUT2D eigenvalue weighted by molar-refractivity contribution is 7.10. The third-order valence-corrected chi connectivity index (χ3v) is 4.95. The molecule has 2 aromatic rings. The molecule has 0 spiro atoms. The highest BCUT2D eigenvalue weighted by Crippen LogP contribution is 2.55. The average Bonchev–Trinajstić information content (AvgIpc) is 3.10. The van der Waals surface area contributed by atoms with Gasteiger partial charge in [-0.2, -0.15) is 0 Å². The number of hydrogen-bond donors (Lipinski definition) is 1. The number of methoxy groups -OCH3 is 1. The Morgan fingerprint density at radius 2 is 2.05 bits per heavy atom. The number of nitrogens with one attached hydrogen (secondary N) is 1. The summed E-state index contributed by atoms with van der Waals surface area (Å²) in [5.41, 5.74) is 1.46. The van der Waals surface area contributed by atoms with Crippen LogP contribution >= 0.6 is 11.3 Å². The lowest BCUT2D eigenvalue weighted by atomic mass is 10.0. The molecule has 1 aromatic heterocycles. The second kappa shape index (κ2) is 5.35. The van der Waals surface area contributed by atoms with Gasteiger partial charge in [0.15, 0.2) is 0 Å². The fraction of sp³-hybridized carbons (Fsp3) is 0.375. The van der Waals surface area contributed by atoms with Crippen molar-refractivity contribution in [3.05, 3.63) is 52.2 Å². The molecule has 2 nitrogen and oxygen atoms in total. The van der Waals surface area contributed by atoms with Crippen LogP contribution in [-0.4, -0.2) is 14.2 Å². The predicted octanol–water partition coefficient (Wildman–Crippen LogP) is 3.82. The van der Waals surface area contributed by atoms with Crippen LogP contribution in [-0.2, 0) is 0 Å². The molecule has 0 aliphatic heterocycles. The first-order valence-corrected chi connectivity index (χ1v) is 7.56. The number of benzene rings is 1. The van der Waals surface area contributed by atoms with Gasteiger partial charge in [0, 0.05) is 6.04 Å². The maximum Gasteiger partial charge on any atom is 0.134 e. The van der Waals surface area contributed by atoms with Gasteiger partial charge in [0.05, 0.1) is 12.0 Å². The molecule has 100 valence electrons. The first-order chi connectivity index (χ1) is 9.35. The minimum absolute atomic E-state index is 0.403. The van der Waals surface area contributed by atoms with E-state index in [0.717, 1.165) is 5.75 Å². The molecule has 1 heterocycles. The zero-order valence-corrected chi connectivity index (χ0v) is 12.1. The molecule has 3 rings (SSSR count). The van der Waals surface area contributed by atoms with Crippen LogP contribution in [0.3, 0.4) is 0 Å². The summed E-state index contributed by atoms with van der Waals surface area (Å²) in [4.78, 5) is 1.33. The minimum atomic E-state index is 0.403. The highest BCUT2D eigenvalue weighted by atomic mass is 32.1. The second-order valence-corrected chi connectivity index (χ2v) is 5.98. The molecule has 1 aliphatic rings. The van der Waals surface area contributed by atoms with E-state index in [1.807, 2.05) is 7.05 Å². The van der Waals surface area contributed by atoms with Crippen molar-refractivity contribution in [2.45, 2.75) is 18.4 Å². The molecular weight excluding hydrogens is 254 g/mol. The fourth-order valence-corrected chi connectivity index (χ4v) is 3.96. The third kappa shape index (κ3) is 2.40. The Bertz CT molecular complexity index is 537. The van der Waals surface area contributed by atoms with Crippen molar-refractivity contribution < 1.29 is 4.74 Å². The summed E-state index contributed by atoms with van der Waals surface area (Å²) < 4.78 is 5.46. The van der Waals surface area contributed by atoms with Gasteiger partial charge in [0.25, 0.3) is 0 Å². The van der Waals surface area contributed by atoms with Crippen LogP contribution in [0.15, 0.2) is 41.8 Å². The van der Waals surface area contributed by atoms with Crippen LogP contribution in [0, 0.1) is 5.92 Å². The van der Waals surface area contributed by atoms with E-state index in [2.05, 4.69) is 47.1 Å². The molecule has 0 amide bonds. The van der Waals surface area contributed by atoms with Crippen molar-refractivity contribution >= 4 is 11.3 Å². The first-order valence-electron chi connectivity index (χ1n) is 6.68. The monoisotopic (exact) mass is 273 g/mol. The summed E-state index contributed by atoms with van der Waals surface area (Å²) in [7, 11) is 3.80. The van der Waals surface area contributed by atoms with Crippen LogP contribution in [0.5, 0.6) is 5.75 Å². The SMILES string of the molecule is CNC(c1sccc1OC)C1CC1c1ccccc1. The molecule has 1 aliphatic carbocycles. The summed E-state index contributed by atoms with van der Waals surface area (Å²) >= 11 is 1.78. The van der Waals surface area contributed by atoms with Crippen LogP contribution in [0.2, 0.25) is 0 Å². The molecule has 3 atom stereocenters. The maximum atomic E-state index is 5.46. The van der Waals surface area contributed by atoms with E-state index in [0.29, 0.717) is 17.9 Å². The Morgan fingerprint density at radius 3 is 2.74 bits per heavy atom. The van der Waals surface area contributed by atoms with Crippen LogP contribution in [0.25, 0.3) is 0 Å². The number of thiophene rings is 1. The summed E-state index contributed by atoms with van der Waals surface area (Å²) in [6.07, 6.45) is 1.26. The van der Waals surface area contributed by atoms with E-state index < -0.39 is 0 Å². The van der Waals surface area contributed by atoms with Gasteiger partial charge < -0.3 is 10.1 Å². The zero-order chi connectivity index (χ0) is 13.2. The molecule has 3 unspecified atom stereocenters. The molecule has 0 saturated heterocycles. The summed E-state index contributed by atoms with van der Waals surface area (Å²) in [5.74, 6) is 2.38. The van der Waals surface area contributed by atoms with Gasteiger partial charge in [-0.1, -0.05) is 30.3 Å². The largest absolute Gasteiger partial charge is 0.496 e. The Balaban J connectivity index is 1.79. The zero-order valence-electron chi connectivity index (χ0n) is 11.3. The van der Waals surface area contributed by atoms with Crippen LogP contribution < -0.4 is 10.1 Å². The van der Waals surface area contributed by atoms with Crippen molar-refractivity contribution in [3.8, 4) is 5.75 Å². The summed E-state index contributed by atoms with van der Waals surface area (Å²) in [5, 5.41) is 5.58. The number of rotatable bonds is 5. The van der Waals surface area contributed by atoms with Crippen LogP contribution in [0.1, 0.15) is 28.8 Å². The topological polar surface area (TPSA) is 21.3 Å². The van der Waals surface area contributed by atoms with Gasteiger partial charge in [0.1, 0.15) is 5.75 Å². The van der Waals surface area contributed by atoms with Crippen molar-refractivity contribution in [1.82, 2.24) is 5.32 Å². The van der Waals surface area contributed by atoms with Crippen molar-refractivity contribution in [2.24, 2.45) is 5.92 Å². The molecule has 0 radical (unpaired) electrons. The normalized spacial score (nSPS) is 23.1. The molecule has 1 N–H and O–H groups in total. The standard InChI is InChI=1S/C16H19NOS/c1-17-15(16-14(18-2)8-9-19-16)13-10-12(13)11-6-4-3-5-7-11/h3-9,12-13,15,17H,10H2,1-2H3. The average molecular weight is 273 g/mol. The molecule has 1 fully saturated rings. The highest BCUT2D eigenvalue weighted by Gasteiger charge is 2.44. The fourth-order valence-electron chi connectivity index (χ4n) is 2.91. The summed E-state index contributed by atoms with van der Waals surface area (Å²) in [6, 6.07) is 13.3. The smallest absolute Gasteiger partial charge is 0.134 e. The van der Waals surface area contributed by atoms with Gasteiger partial charge >= 0.3 is 0 Å². The molecule has 1 aromatic carbocycles. The van der Waals surface area contributed by atoms with Gasteiger partial charge in [-0.15, -0.1) is 11.3 Å². The van der Waals surface area contributed by atoms with Gasteiger partial charge in [-0.25, -0.2) is 0 Å². The van der Waals surface area contributed by atoms with Gasteiger partial charge in [-0.05, 0) is 42.3 Å². The van der Waals surface area contributed by atoms with Crippen molar-refractivity contribution in [3.63, 3.8) is 0 Å². The molecular formula is C16H19NOS. The van der Waals surface area contributed by atoms with Crippen molar-refractivity contribution in [2.75, 3.05) is 14.2 Å². The quantitative estimate of drug-likeness (QED) is 0.894. The van der Waals surface area contributed by atoms with Gasteiger partial charge in [-0.3, -0.25) is 0 Å². The molecule has 3 heteroatoms. The second-order valence-electron chi connectivity index (χ2n) is 5.04. The lowest BCUT2D eigenvalue weighted by molar-refractivity contribution is 0.400.